The van der Waals surface area contributed by atoms with Crippen molar-refractivity contribution in [2.75, 3.05) is 0 Å². The third-order valence-electron chi connectivity index (χ3n) is 13.3. The summed E-state index contributed by atoms with van der Waals surface area (Å²) in [5.41, 5.74) is 6.84. The molecule has 0 unspecified atom stereocenters. The van der Waals surface area contributed by atoms with E-state index >= 15 is 0 Å². The highest BCUT2D eigenvalue weighted by Crippen LogP contribution is 2.25. The zero-order valence-corrected chi connectivity index (χ0v) is 51.5. The summed E-state index contributed by atoms with van der Waals surface area (Å²) >= 11 is 0. The number of para-hydroxylation sites is 1. The first-order valence-corrected chi connectivity index (χ1v) is 28.2. The normalized spacial score (nSPS) is 14.8. The van der Waals surface area contributed by atoms with Crippen molar-refractivity contribution in [2.45, 2.75) is 191 Å². The number of halogens is 1. The molecule has 2 saturated carbocycles. The van der Waals surface area contributed by atoms with E-state index in [9.17, 15) is 33.6 Å². The Morgan fingerprint density at radius 1 is 0.458 bits per heavy atom. The maximum absolute atomic E-state index is 12.5. The molecule has 83 heavy (non-hydrogen) atoms. The van der Waals surface area contributed by atoms with Gasteiger partial charge in [-0.05, 0) is 76.2 Å². The molecule has 458 valence electrons. The molecular formula is C64H93ClN6O12. The molecule has 0 bridgehead atoms. The lowest BCUT2D eigenvalue weighted by Crippen LogP contribution is -2.54. The summed E-state index contributed by atoms with van der Waals surface area (Å²) in [6, 6.07) is 33.9. The molecule has 0 aliphatic heterocycles. The SMILES string of the molecule is CC(C)(C)[C@H](N)C(=O)OCc1ccccc1.CC(C)(C)[C@H](NC(=O)NC1CCCC1)C(=O)O.CC(C)(C)[C@H](NC(=O)NC1CCCC1)C(=O)OCc1ccccc1.CC(C)(C)[C@H](NC(=O)Oc1ccccc1)C(=O)OCc1ccccc1.Cl. The Balaban J connectivity index is 0.000000383. The second kappa shape index (κ2) is 35.1. The fourth-order valence-electron chi connectivity index (χ4n) is 8.30. The van der Waals surface area contributed by atoms with Crippen LogP contribution in [0.4, 0.5) is 14.4 Å². The molecule has 19 heteroatoms. The number of esters is 3. The Hall–Kier alpha value is -7.18. The molecule has 4 atom stereocenters. The van der Waals surface area contributed by atoms with Crippen LogP contribution in [0.3, 0.4) is 0 Å². The molecule has 2 fully saturated rings. The highest BCUT2D eigenvalue weighted by Gasteiger charge is 2.37. The molecule has 0 radical (unpaired) electrons. The van der Waals surface area contributed by atoms with Gasteiger partial charge in [0.25, 0.3) is 0 Å². The van der Waals surface area contributed by atoms with Crippen LogP contribution in [0.15, 0.2) is 121 Å². The Morgan fingerprint density at radius 2 is 0.759 bits per heavy atom. The molecule has 0 aromatic heterocycles. The lowest BCUT2D eigenvalue weighted by molar-refractivity contribution is -0.151. The molecule has 0 saturated heterocycles. The quantitative estimate of drug-likeness (QED) is 0.0407. The third kappa shape index (κ3) is 28.6. The summed E-state index contributed by atoms with van der Waals surface area (Å²) in [7, 11) is 0. The van der Waals surface area contributed by atoms with Gasteiger partial charge in [0.2, 0.25) is 0 Å². The molecule has 8 N–H and O–H groups in total. The zero-order valence-electron chi connectivity index (χ0n) is 50.7. The Labute approximate surface area is 498 Å². The predicted molar refractivity (Wildman–Crippen MR) is 324 cm³/mol. The van der Waals surface area contributed by atoms with Crippen LogP contribution in [-0.4, -0.2) is 83.4 Å². The average Bonchev–Trinajstić information content (AvgIpc) is 4.20. The van der Waals surface area contributed by atoms with E-state index in [1.54, 1.807) is 45.0 Å². The molecule has 6 rings (SSSR count). The summed E-state index contributed by atoms with van der Waals surface area (Å²) in [5, 5.41) is 22.8. The minimum Gasteiger partial charge on any atom is -0.480 e. The van der Waals surface area contributed by atoms with E-state index in [1.165, 1.54) is 0 Å². The summed E-state index contributed by atoms with van der Waals surface area (Å²) in [4.78, 5) is 83.6. The summed E-state index contributed by atoms with van der Waals surface area (Å²) in [6.07, 6.45) is 7.85. The number of aliphatic carboxylic acids is 1. The van der Waals surface area contributed by atoms with Crippen molar-refractivity contribution in [2.24, 2.45) is 27.4 Å². The van der Waals surface area contributed by atoms with Crippen LogP contribution in [-0.2, 0) is 53.2 Å². The van der Waals surface area contributed by atoms with Crippen molar-refractivity contribution in [3.05, 3.63) is 138 Å². The van der Waals surface area contributed by atoms with Crippen LogP contribution in [0.1, 0.15) is 151 Å². The number of rotatable bonds is 16. The summed E-state index contributed by atoms with van der Waals surface area (Å²) < 4.78 is 21.1. The van der Waals surface area contributed by atoms with Gasteiger partial charge in [0.05, 0.1) is 0 Å². The Kier molecular flexibility index (Phi) is 30.4. The number of hydrogen-bond acceptors (Lipinski definition) is 12. The first kappa shape index (κ1) is 71.9. The number of carboxylic acid groups (broad SMARTS) is 1. The smallest absolute Gasteiger partial charge is 0.413 e. The number of nitrogens with two attached hydrogens (primary N) is 1. The molecule has 18 nitrogen and oxygen atoms in total. The molecule has 0 heterocycles. The van der Waals surface area contributed by atoms with E-state index in [0.29, 0.717) is 5.75 Å². The third-order valence-corrected chi connectivity index (χ3v) is 13.3. The Morgan fingerprint density at radius 3 is 1.07 bits per heavy atom. The lowest BCUT2D eigenvalue weighted by atomic mass is 9.87. The van der Waals surface area contributed by atoms with Crippen LogP contribution in [0.2, 0.25) is 0 Å². The number of carbonyl (C=O) groups excluding carboxylic acids is 6. The number of hydrogen-bond donors (Lipinski definition) is 7. The largest absolute Gasteiger partial charge is 0.480 e. The topological polar surface area (TPSA) is 263 Å². The highest BCUT2D eigenvalue weighted by molar-refractivity contribution is 5.86. The molecule has 4 aromatic carbocycles. The van der Waals surface area contributed by atoms with Gasteiger partial charge < -0.3 is 56.4 Å². The number of benzene rings is 4. The summed E-state index contributed by atoms with van der Waals surface area (Å²) in [5.74, 6) is -1.85. The molecule has 2 aliphatic carbocycles. The maximum Gasteiger partial charge on any atom is 0.413 e. The zero-order chi connectivity index (χ0) is 61.1. The number of amides is 5. The fourth-order valence-corrected chi connectivity index (χ4v) is 8.30. The van der Waals surface area contributed by atoms with Crippen molar-refractivity contribution < 1.29 is 57.6 Å². The maximum atomic E-state index is 12.5. The molecule has 5 amide bonds. The van der Waals surface area contributed by atoms with Crippen LogP contribution in [0, 0.1) is 21.7 Å². The van der Waals surface area contributed by atoms with Gasteiger partial charge in [0, 0.05) is 12.1 Å². The molecule has 4 aromatic rings. The van der Waals surface area contributed by atoms with Gasteiger partial charge >= 0.3 is 42.0 Å². The minimum atomic E-state index is -1.00. The van der Waals surface area contributed by atoms with Crippen LogP contribution < -0.4 is 37.1 Å². The van der Waals surface area contributed by atoms with Gasteiger partial charge in [-0.1, -0.05) is 218 Å². The monoisotopic (exact) mass is 1170 g/mol. The van der Waals surface area contributed by atoms with Crippen molar-refractivity contribution in [1.29, 1.82) is 0 Å². The van der Waals surface area contributed by atoms with E-state index in [1.807, 2.05) is 159 Å². The van der Waals surface area contributed by atoms with E-state index in [0.717, 1.165) is 68.1 Å². The van der Waals surface area contributed by atoms with Gasteiger partial charge in [-0.2, -0.15) is 0 Å². The van der Waals surface area contributed by atoms with Crippen molar-refractivity contribution >= 4 is 54.4 Å². The summed E-state index contributed by atoms with van der Waals surface area (Å²) in [6.45, 7) is 23.1. The van der Waals surface area contributed by atoms with Gasteiger partial charge in [-0.15, -0.1) is 12.4 Å². The van der Waals surface area contributed by atoms with Crippen molar-refractivity contribution in [3.63, 3.8) is 0 Å². The molecule has 2 aliphatic rings. The van der Waals surface area contributed by atoms with Crippen LogP contribution in [0.25, 0.3) is 0 Å². The lowest BCUT2D eigenvalue weighted by Gasteiger charge is -2.30. The van der Waals surface area contributed by atoms with Crippen LogP contribution in [0.5, 0.6) is 5.75 Å². The highest BCUT2D eigenvalue weighted by atomic mass is 35.5. The fraction of sp³-hybridized carbons (Fsp3) is 0.516. The van der Waals surface area contributed by atoms with Crippen LogP contribution >= 0.6 is 12.4 Å². The van der Waals surface area contributed by atoms with Gasteiger partial charge in [-0.3, -0.25) is 4.79 Å². The number of carboxylic acids is 1. The van der Waals surface area contributed by atoms with Gasteiger partial charge in [-0.25, -0.2) is 28.8 Å². The second-order valence-corrected chi connectivity index (χ2v) is 24.9. The van der Waals surface area contributed by atoms with E-state index in [2.05, 4.69) is 26.6 Å². The van der Waals surface area contributed by atoms with Crippen molar-refractivity contribution in [3.8, 4) is 5.75 Å². The molecule has 0 spiro atoms. The van der Waals surface area contributed by atoms with E-state index < -0.39 is 64.4 Å². The van der Waals surface area contributed by atoms with Gasteiger partial charge in [0.15, 0.2) is 0 Å². The predicted octanol–water partition coefficient (Wildman–Crippen LogP) is 11.6. The first-order valence-electron chi connectivity index (χ1n) is 28.2. The first-order chi connectivity index (χ1) is 38.4. The average molecular weight is 1170 g/mol. The van der Waals surface area contributed by atoms with E-state index in [-0.39, 0.29) is 67.8 Å². The number of ether oxygens (including phenoxy) is 4. The van der Waals surface area contributed by atoms with E-state index in [4.69, 9.17) is 29.8 Å². The number of nitrogens with one attached hydrogen (secondary N) is 5. The molecular weight excluding hydrogens is 1080 g/mol. The second-order valence-electron chi connectivity index (χ2n) is 24.9. The van der Waals surface area contributed by atoms with Gasteiger partial charge in [0.1, 0.15) is 49.7 Å². The number of carbonyl (C=O) groups is 7. The minimum absolute atomic E-state index is 0. The number of urea groups is 2. The standard InChI is InChI=1S/C20H23NO4.C19H28N2O3.C13H19NO2.C12H22N2O3.ClH/c1-20(2,3)17(18(22)24-14-15-10-6-4-7-11-15)21-19(23)25-16-12-8-5-9-13-16;1-19(2,3)16(21-18(23)20-15-11-7-8-12-15)17(22)24-13-14-9-5-4-6-10-14;1-13(2,3)11(14)12(15)16-9-10-7-5-4-6-8-10;1-12(2,3)9(10(15)16)14-11(17)13-8-6-4-5-7-8;/h4-13,17H,14H2,1-3H3,(H,21,23);4-6,9-10,15-16H,7-8,11-13H2,1-3H3,(H2,20,21,23);4-8,11H,9,14H2,1-3H3;8-9H,4-7H2,1-3H3,(H,15,16)(H2,13,14,17);1H/t17-;16-;11-;9-;/m1111./s1. The Bertz CT molecular complexity index is 2570. The van der Waals surface area contributed by atoms with Crippen molar-refractivity contribution in [1.82, 2.24) is 26.6 Å².